The number of aliphatic hydroxyl groups is 2. The zero-order valence-corrected chi connectivity index (χ0v) is 52.7. The van der Waals surface area contributed by atoms with Crippen LogP contribution in [0.2, 0.25) is 0 Å². The largest absolute Gasteiger partial charge is 0.479 e. The summed E-state index contributed by atoms with van der Waals surface area (Å²) in [6, 6.07) is 0. The molecule has 3 N–H and O–H groups in total. The smallest absolute Gasteiger partial charge is 0.335 e. The Balaban J connectivity index is 2.66. The quantitative estimate of drug-likeness (QED) is 0.0228. The van der Waals surface area contributed by atoms with E-state index in [0.717, 1.165) is 141 Å². The first-order valence-corrected chi connectivity index (χ1v) is 33.6. The van der Waals surface area contributed by atoms with Crippen molar-refractivity contribution >= 4 is 23.9 Å². The molecule has 0 bridgehead atoms. The Morgan fingerprint density at radius 2 is 0.759 bits per heavy atom. The monoisotopic (exact) mass is 1160 g/mol. The Labute approximate surface area is 505 Å². The van der Waals surface area contributed by atoms with E-state index in [4.69, 9.17) is 23.7 Å². The minimum absolute atomic E-state index is 0.0418. The molecule has 1 aliphatic heterocycles. The predicted molar refractivity (Wildman–Crippen MR) is 340 cm³/mol. The molecule has 476 valence electrons. The van der Waals surface area contributed by atoms with E-state index < -0.39 is 67.3 Å². The summed E-state index contributed by atoms with van der Waals surface area (Å²) in [5.41, 5.74) is 0. The van der Waals surface area contributed by atoms with Gasteiger partial charge in [-0.1, -0.05) is 266 Å². The van der Waals surface area contributed by atoms with Crippen molar-refractivity contribution in [2.45, 2.75) is 327 Å². The lowest BCUT2D eigenvalue weighted by molar-refractivity contribution is -0.301. The van der Waals surface area contributed by atoms with Gasteiger partial charge in [0.1, 0.15) is 18.8 Å². The number of carbonyl (C=O) groups excluding carboxylic acids is 3. The van der Waals surface area contributed by atoms with Gasteiger partial charge in [0.15, 0.2) is 24.6 Å². The van der Waals surface area contributed by atoms with Crippen LogP contribution in [0.3, 0.4) is 0 Å². The molecule has 0 aromatic rings. The fraction of sp³-hybridized carbons (Fsp3) is 0.746. The lowest BCUT2D eigenvalue weighted by atomic mass is 9.98. The molecular weight excluding hydrogens is 1040 g/mol. The van der Waals surface area contributed by atoms with Gasteiger partial charge in [-0.25, -0.2) is 4.79 Å². The molecule has 6 unspecified atom stereocenters. The van der Waals surface area contributed by atoms with Crippen LogP contribution in [0.5, 0.6) is 0 Å². The third-order valence-corrected chi connectivity index (χ3v) is 15.0. The summed E-state index contributed by atoms with van der Waals surface area (Å²) >= 11 is 0. The number of ether oxygens (including phenoxy) is 5. The SMILES string of the molecule is CC/C=C\C/C=C\C/C=C\C/C=C\CCCCCCCCC(=O)OC1C(OCC(COC(=O)CCCCCCCCC/C=C\C/C=C\C/C=C\CC)OC(=O)CCCCCCCCCCCCCCCCCCC)OC(C(=O)O)C(O)C1O. The minimum Gasteiger partial charge on any atom is -0.479 e. The van der Waals surface area contributed by atoms with E-state index in [1.165, 1.54) is 89.9 Å². The van der Waals surface area contributed by atoms with Crippen molar-refractivity contribution in [1.82, 2.24) is 0 Å². The average Bonchev–Trinajstić information content (AvgIpc) is 3.55. The highest BCUT2D eigenvalue weighted by Gasteiger charge is 2.50. The van der Waals surface area contributed by atoms with Crippen molar-refractivity contribution in [2.75, 3.05) is 13.2 Å². The highest BCUT2D eigenvalue weighted by atomic mass is 16.7. The summed E-state index contributed by atoms with van der Waals surface area (Å²) in [5.74, 6) is -3.13. The molecule has 12 heteroatoms. The maximum Gasteiger partial charge on any atom is 0.335 e. The number of carboxylic acids is 1. The molecule has 1 aliphatic rings. The number of carbonyl (C=O) groups is 4. The second kappa shape index (κ2) is 58.3. The zero-order valence-electron chi connectivity index (χ0n) is 52.7. The van der Waals surface area contributed by atoms with Crippen LogP contribution in [0.4, 0.5) is 0 Å². The Hall–Kier alpha value is -4.10. The van der Waals surface area contributed by atoms with Gasteiger partial charge >= 0.3 is 23.9 Å². The Bertz CT molecular complexity index is 1760. The van der Waals surface area contributed by atoms with Crippen molar-refractivity contribution in [3.8, 4) is 0 Å². The number of allylic oxidation sites excluding steroid dienone is 14. The normalized spacial score (nSPS) is 18.1. The Kier molecular flexibility index (Phi) is 54.0. The molecule has 83 heavy (non-hydrogen) atoms. The van der Waals surface area contributed by atoms with E-state index in [1.54, 1.807) is 0 Å². The van der Waals surface area contributed by atoms with Crippen molar-refractivity contribution < 1.29 is 58.2 Å². The van der Waals surface area contributed by atoms with E-state index in [2.05, 4.69) is 106 Å². The lowest BCUT2D eigenvalue weighted by Crippen LogP contribution is -2.61. The van der Waals surface area contributed by atoms with E-state index in [-0.39, 0.29) is 25.9 Å². The Morgan fingerprint density at radius 1 is 0.410 bits per heavy atom. The van der Waals surface area contributed by atoms with Gasteiger partial charge in [-0.05, 0) is 89.9 Å². The van der Waals surface area contributed by atoms with Gasteiger partial charge in [-0.15, -0.1) is 0 Å². The second-order valence-corrected chi connectivity index (χ2v) is 22.7. The van der Waals surface area contributed by atoms with Gasteiger partial charge in [0.25, 0.3) is 0 Å². The van der Waals surface area contributed by atoms with E-state index in [0.29, 0.717) is 19.3 Å². The van der Waals surface area contributed by atoms with Gasteiger partial charge < -0.3 is 39.0 Å². The van der Waals surface area contributed by atoms with Crippen molar-refractivity contribution in [2.24, 2.45) is 0 Å². The molecule has 1 saturated heterocycles. The molecule has 6 atom stereocenters. The molecule has 0 radical (unpaired) electrons. The molecule has 0 spiro atoms. The maximum absolute atomic E-state index is 13.2. The topological polar surface area (TPSA) is 175 Å². The summed E-state index contributed by atoms with van der Waals surface area (Å²) in [7, 11) is 0. The molecule has 0 aromatic carbocycles. The zero-order chi connectivity index (χ0) is 60.3. The van der Waals surface area contributed by atoms with Gasteiger partial charge in [0, 0.05) is 19.3 Å². The first kappa shape index (κ1) is 76.9. The van der Waals surface area contributed by atoms with Crippen molar-refractivity contribution in [3.63, 3.8) is 0 Å². The van der Waals surface area contributed by atoms with Crippen LogP contribution < -0.4 is 0 Å². The molecule has 0 amide bonds. The molecule has 0 saturated carbocycles. The van der Waals surface area contributed by atoms with E-state index >= 15 is 0 Å². The van der Waals surface area contributed by atoms with Crippen molar-refractivity contribution in [3.05, 3.63) is 85.1 Å². The summed E-state index contributed by atoms with van der Waals surface area (Å²) < 4.78 is 28.6. The predicted octanol–water partition coefficient (Wildman–Crippen LogP) is 18.2. The number of hydrogen-bond acceptors (Lipinski definition) is 11. The van der Waals surface area contributed by atoms with Crippen LogP contribution in [0, 0.1) is 0 Å². The molecular formula is C71H120O12. The fourth-order valence-electron chi connectivity index (χ4n) is 9.90. The first-order chi connectivity index (χ1) is 40.6. The molecule has 1 rings (SSSR count). The number of carboxylic acid groups (broad SMARTS) is 1. The first-order valence-electron chi connectivity index (χ1n) is 33.6. The average molecular weight is 1170 g/mol. The lowest BCUT2D eigenvalue weighted by Gasteiger charge is -2.40. The van der Waals surface area contributed by atoms with Crippen LogP contribution >= 0.6 is 0 Å². The van der Waals surface area contributed by atoms with Gasteiger partial charge in [-0.3, -0.25) is 14.4 Å². The minimum atomic E-state index is -1.91. The van der Waals surface area contributed by atoms with Crippen molar-refractivity contribution in [1.29, 1.82) is 0 Å². The van der Waals surface area contributed by atoms with E-state index in [9.17, 15) is 34.5 Å². The Morgan fingerprint density at radius 3 is 1.16 bits per heavy atom. The number of aliphatic carboxylic acids is 1. The number of rotatable bonds is 57. The van der Waals surface area contributed by atoms with Crippen LogP contribution in [-0.2, 0) is 42.9 Å². The van der Waals surface area contributed by atoms with Gasteiger partial charge in [0.05, 0.1) is 6.61 Å². The third-order valence-electron chi connectivity index (χ3n) is 15.0. The van der Waals surface area contributed by atoms with Crippen LogP contribution in [0.25, 0.3) is 0 Å². The number of aliphatic hydroxyl groups excluding tert-OH is 2. The van der Waals surface area contributed by atoms with E-state index in [1.807, 2.05) is 0 Å². The number of esters is 3. The van der Waals surface area contributed by atoms with Gasteiger partial charge in [-0.2, -0.15) is 0 Å². The third kappa shape index (κ3) is 47.8. The maximum atomic E-state index is 13.2. The van der Waals surface area contributed by atoms with Crippen LogP contribution in [-0.4, -0.2) is 89.2 Å². The molecule has 0 aromatic heterocycles. The summed E-state index contributed by atoms with van der Waals surface area (Å²) in [4.78, 5) is 51.4. The molecule has 0 aliphatic carbocycles. The number of unbranched alkanes of at least 4 members (excludes halogenated alkanes) is 29. The highest BCUT2D eigenvalue weighted by Crippen LogP contribution is 2.27. The summed E-state index contributed by atoms with van der Waals surface area (Å²) in [5, 5.41) is 31.6. The van der Waals surface area contributed by atoms with Gasteiger partial charge in [0.2, 0.25) is 0 Å². The standard InChI is InChI=1S/C71H120O12/c1-4-7-10-13-16-19-22-25-28-31-32-35-38-41-44-47-50-53-56-59-65(74)82-69-67(76)66(75)68(70(77)78)83-71(69)80-61-62(81-64(73)58-55-52-49-46-43-40-37-34-30-27-24-21-18-15-12-9-6-3)60-79-63(72)57-54-51-48-45-42-39-36-33-29-26-23-20-17-14-11-8-5-2/h7-8,10-11,16-17,19-20,25-26,28-29,32,35,62,66-69,71,75-76H,4-6,9,12-15,18,21-24,27,30-31,33-34,36-61H2,1-3H3,(H,77,78)/b10-7-,11-8-,19-16-,20-17-,28-25-,29-26-,35-32-. The summed E-state index contributed by atoms with van der Waals surface area (Å²) in [6.45, 7) is 5.80. The molecule has 1 fully saturated rings. The molecule has 12 nitrogen and oxygen atoms in total. The number of hydrogen-bond donors (Lipinski definition) is 3. The second-order valence-electron chi connectivity index (χ2n) is 22.7. The fourth-order valence-corrected chi connectivity index (χ4v) is 9.90. The molecule has 1 heterocycles. The van der Waals surface area contributed by atoms with Crippen LogP contribution in [0.1, 0.15) is 290 Å². The summed E-state index contributed by atoms with van der Waals surface area (Å²) in [6.07, 6.45) is 63.9. The van der Waals surface area contributed by atoms with Crippen LogP contribution in [0.15, 0.2) is 85.1 Å². The highest BCUT2D eigenvalue weighted by molar-refractivity contribution is 5.74.